The van der Waals surface area contributed by atoms with E-state index in [4.69, 9.17) is 9.83 Å². The maximum absolute atomic E-state index is 13.1. The molecule has 1 spiro atoms. The van der Waals surface area contributed by atoms with Gasteiger partial charge in [0.1, 0.15) is 23.0 Å². The van der Waals surface area contributed by atoms with Gasteiger partial charge in [0.05, 0.1) is 0 Å². The maximum Gasteiger partial charge on any atom is 0.433 e. The molecule has 0 radical (unpaired) electrons. The van der Waals surface area contributed by atoms with Crippen molar-refractivity contribution in [2.24, 2.45) is 23.4 Å². The number of piperidine rings is 1. The van der Waals surface area contributed by atoms with Crippen LogP contribution >= 0.6 is 0 Å². The largest absolute Gasteiger partial charge is 0.458 e. The molecule has 1 unspecified atom stereocenters. The Morgan fingerprint density at radius 2 is 2.09 bits per heavy atom. The Bertz CT molecular complexity index is 1150. The summed E-state index contributed by atoms with van der Waals surface area (Å²) in [5.41, 5.74) is 0.250. The van der Waals surface area contributed by atoms with E-state index in [9.17, 15) is 18.0 Å². The molecule has 4 rings (SSSR count). The Hall–Kier alpha value is -3.17. The molecular weight excluding hydrogens is 459 g/mol. The van der Waals surface area contributed by atoms with Gasteiger partial charge in [-0.05, 0) is 75.3 Å². The SMILES string of the molecule is C=NC=Cc1cc(C(=O)CCCC2CC23CCN(C(=N)c2cc(C(F)(F)F)n(C)n2)CC3)oc1C. The molecule has 35 heavy (non-hydrogen) atoms. The molecule has 188 valence electrons. The average molecular weight is 490 g/mol. The number of Topliss-reactive ketones (excluding diaryl/α,β-unsaturated/α-hetero) is 1. The first-order chi connectivity index (χ1) is 16.5. The van der Waals surface area contributed by atoms with Crippen molar-refractivity contribution in [2.45, 2.75) is 51.6 Å². The van der Waals surface area contributed by atoms with Gasteiger partial charge in [-0.1, -0.05) is 0 Å². The molecule has 1 saturated heterocycles. The standard InChI is InChI=1S/C25H30F3N5O2/c1-16-17(7-10-30-2)13-21(35-16)20(34)6-4-5-18-15-24(18)8-11-33(12-9-24)23(29)19-14-22(25(26,27)28)32(3)31-19/h7,10,13-14,18,29H,2,4-6,8-9,11-12,15H2,1,3H3. The Kier molecular flexibility index (Phi) is 6.75. The fraction of sp³-hybridized carbons (Fsp3) is 0.520. The van der Waals surface area contributed by atoms with Crippen LogP contribution in [0.3, 0.4) is 0 Å². The Morgan fingerprint density at radius 1 is 1.37 bits per heavy atom. The third-order valence-electron chi connectivity index (χ3n) is 7.39. The number of aliphatic imine (C=N–C) groups is 1. The Balaban J connectivity index is 1.24. The zero-order chi connectivity index (χ0) is 25.4. The highest BCUT2D eigenvalue weighted by Gasteiger charge is 2.54. The van der Waals surface area contributed by atoms with Gasteiger partial charge in [-0.3, -0.25) is 19.9 Å². The summed E-state index contributed by atoms with van der Waals surface area (Å²) >= 11 is 0. The molecule has 2 fully saturated rings. The van der Waals surface area contributed by atoms with Crippen molar-refractivity contribution in [3.05, 3.63) is 46.8 Å². The van der Waals surface area contributed by atoms with Crippen LogP contribution < -0.4 is 0 Å². The predicted molar refractivity (Wildman–Crippen MR) is 127 cm³/mol. The Morgan fingerprint density at radius 3 is 2.71 bits per heavy atom. The van der Waals surface area contributed by atoms with Crippen LogP contribution in [0.15, 0.2) is 27.7 Å². The van der Waals surface area contributed by atoms with Gasteiger partial charge < -0.3 is 9.32 Å². The van der Waals surface area contributed by atoms with Gasteiger partial charge in [0.2, 0.25) is 0 Å². The van der Waals surface area contributed by atoms with E-state index in [1.165, 1.54) is 7.05 Å². The van der Waals surface area contributed by atoms with Crippen molar-refractivity contribution in [3.63, 3.8) is 0 Å². The first-order valence-corrected chi connectivity index (χ1v) is 11.8. The highest BCUT2D eigenvalue weighted by Crippen LogP contribution is 2.61. The number of carbonyl (C=O) groups is 1. The molecule has 2 aromatic heterocycles. The van der Waals surface area contributed by atoms with Crippen LogP contribution in [0.4, 0.5) is 13.2 Å². The van der Waals surface area contributed by atoms with Crippen LogP contribution in [0, 0.1) is 23.7 Å². The van der Waals surface area contributed by atoms with Crippen LogP contribution in [0.5, 0.6) is 0 Å². The molecule has 1 aliphatic heterocycles. The van der Waals surface area contributed by atoms with E-state index in [0.717, 1.165) is 48.4 Å². The molecule has 1 atom stereocenters. The summed E-state index contributed by atoms with van der Waals surface area (Å²) in [5.74, 6) is 1.62. The Labute approximate surface area is 202 Å². The summed E-state index contributed by atoms with van der Waals surface area (Å²) in [6, 6.07) is 2.68. The van der Waals surface area contributed by atoms with Gasteiger partial charge in [0.15, 0.2) is 11.5 Å². The second-order valence-electron chi connectivity index (χ2n) is 9.57. The average Bonchev–Trinajstić information content (AvgIpc) is 3.11. The second-order valence-corrected chi connectivity index (χ2v) is 9.57. The predicted octanol–water partition coefficient (Wildman–Crippen LogP) is 5.49. The lowest BCUT2D eigenvalue weighted by Gasteiger charge is -2.34. The number of halogens is 3. The quantitative estimate of drug-likeness (QED) is 0.302. The van der Waals surface area contributed by atoms with E-state index in [-0.39, 0.29) is 22.7 Å². The van der Waals surface area contributed by atoms with Crippen molar-refractivity contribution in [1.29, 1.82) is 5.41 Å². The minimum Gasteiger partial charge on any atom is -0.458 e. The number of ketones is 1. The van der Waals surface area contributed by atoms with Crippen molar-refractivity contribution in [2.75, 3.05) is 13.1 Å². The molecule has 1 saturated carbocycles. The normalized spacial score (nSPS) is 19.5. The second kappa shape index (κ2) is 9.47. The van der Waals surface area contributed by atoms with Gasteiger partial charge in [0, 0.05) is 38.3 Å². The zero-order valence-corrected chi connectivity index (χ0v) is 20.0. The number of amidine groups is 1. The molecule has 2 aliphatic rings. The molecule has 10 heteroatoms. The number of carbonyl (C=O) groups excluding carboxylic acids is 1. The minimum atomic E-state index is -4.49. The van der Waals surface area contributed by atoms with E-state index in [0.29, 0.717) is 36.9 Å². The van der Waals surface area contributed by atoms with E-state index >= 15 is 0 Å². The van der Waals surface area contributed by atoms with E-state index in [1.54, 1.807) is 18.3 Å². The van der Waals surface area contributed by atoms with E-state index < -0.39 is 11.9 Å². The summed E-state index contributed by atoms with van der Waals surface area (Å²) in [5, 5.41) is 12.3. The summed E-state index contributed by atoms with van der Waals surface area (Å²) in [6.45, 7) is 6.47. The van der Waals surface area contributed by atoms with E-state index in [1.807, 2.05) is 11.8 Å². The molecule has 0 amide bonds. The topological polar surface area (TPSA) is 87.5 Å². The number of likely N-dealkylation sites (tertiary alicyclic amines) is 1. The third kappa shape index (κ3) is 5.26. The lowest BCUT2D eigenvalue weighted by atomic mass is 9.89. The molecule has 0 bridgehead atoms. The van der Waals surface area contributed by atoms with Crippen LogP contribution in [0.2, 0.25) is 0 Å². The van der Waals surface area contributed by atoms with Crippen LogP contribution in [0.1, 0.15) is 71.8 Å². The maximum atomic E-state index is 13.1. The van der Waals surface area contributed by atoms with Crippen molar-refractivity contribution in [3.8, 4) is 0 Å². The van der Waals surface area contributed by atoms with Gasteiger partial charge in [-0.15, -0.1) is 0 Å². The lowest BCUT2D eigenvalue weighted by molar-refractivity contribution is -0.143. The number of aromatic nitrogens is 2. The monoisotopic (exact) mass is 489 g/mol. The first-order valence-electron chi connectivity index (χ1n) is 11.8. The van der Waals surface area contributed by atoms with Gasteiger partial charge in [-0.25, -0.2) is 0 Å². The molecule has 2 aromatic rings. The van der Waals surface area contributed by atoms with E-state index in [2.05, 4.69) is 16.8 Å². The summed E-state index contributed by atoms with van der Waals surface area (Å²) < 4.78 is 45.5. The zero-order valence-electron chi connectivity index (χ0n) is 20.0. The van der Waals surface area contributed by atoms with Crippen LogP contribution in [0.25, 0.3) is 6.08 Å². The summed E-state index contributed by atoms with van der Waals surface area (Å²) in [4.78, 5) is 18.0. The van der Waals surface area contributed by atoms with Crippen molar-refractivity contribution < 1.29 is 22.4 Å². The van der Waals surface area contributed by atoms with Crippen LogP contribution in [-0.2, 0) is 13.2 Å². The van der Waals surface area contributed by atoms with Crippen molar-refractivity contribution >= 4 is 24.4 Å². The number of hydrogen-bond donors (Lipinski definition) is 1. The summed E-state index contributed by atoms with van der Waals surface area (Å²) in [7, 11) is 1.24. The molecule has 1 aliphatic carbocycles. The minimum absolute atomic E-state index is 0.00846. The fourth-order valence-corrected chi connectivity index (χ4v) is 5.20. The van der Waals surface area contributed by atoms with Gasteiger partial charge in [0.25, 0.3) is 0 Å². The molecule has 0 aromatic carbocycles. The number of aryl methyl sites for hydroxylation is 2. The number of rotatable bonds is 8. The number of furan rings is 1. The fourth-order valence-electron chi connectivity index (χ4n) is 5.20. The van der Waals surface area contributed by atoms with Gasteiger partial charge >= 0.3 is 6.18 Å². The number of hydrogen-bond acceptors (Lipinski definition) is 5. The molecule has 7 nitrogen and oxygen atoms in total. The highest BCUT2D eigenvalue weighted by atomic mass is 19.4. The highest BCUT2D eigenvalue weighted by molar-refractivity contribution is 5.95. The smallest absolute Gasteiger partial charge is 0.433 e. The molecular formula is C25H30F3N5O2. The number of nitrogens with one attached hydrogen (secondary N) is 1. The van der Waals surface area contributed by atoms with Gasteiger partial charge in [-0.2, -0.15) is 18.3 Å². The first kappa shape index (κ1) is 24.9. The van der Waals surface area contributed by atoms with Crippen molar-refractivity contribution in [1.82, 2.24) is 14.7 Å². The molecule has 3 heterocycles. The van der Waals surface area contributed by atoms with Crippen LogP contribution in [-0.4, -0.2) is 46.1 Å². The lowest BCUT2D eigenvalue weighted by Crippen LogP contribution is -2.39. The number of alkyl halides is 3. The molecule has 1 N–H and O–H groups in total. The summed E-state index contributed by atoms with van der Waals surface area (Å²) in [6.07, 6.45) is 3.91. The number of nitrogens with zero attached hydrogens (tertiary/aromatic N) is 4. The third-order valence-corrected chi connectivity index (χ3v) is 7.39.